The van der Waals surface area contributed by atoms with E-state index in [1.54, 1.807) is 18.3 Å². The van der Waals surface area contributed by atoms with Gasteiger partial charge in [0, 0.05) is 17.4 Å². The van der Waals surface area contributed by atoms with E-state index in [0.29, 0.717) is 12.2 Å². The number of aryl methyl sites for hydroxylation is 2. The lowest BCUT2D eigenvalue weighted by Crippen LogP contribution is -2.14. The lowest BCUT2D eigenvalue weighted by molar-refractivity contribution is 0.102. The van der Waals surface area contributed by atoms with E-state index >= 15 is 0 Å². The van der Waals surface area contributed by atoms with Gasteiger partial charge in [0.25, 0.3) is 5.91 Å². The molecule has 4 heteroatoms. The number of rotatable bonds is 2. The van der Waals surface area contributed by atoms with Gasteiger partial charge in [-0.25, -0.2) is 4.98 Å². The van der Waals surface area contributed by atoms with E-state index < -0.39 is 0 Å². The average molecular weight is 279 g/mol. The molecule has 0 fully saturated rings. The highest BCUT2D eigenvalue weighted by molar-refractivity contribution is 6.03. The Morgan fingerprint density at radius 2 is 2.10 bits per heavy atom. The molecule has 1 aromatic heterocycles. The molecule has 3 N–H and O–H groups in total. The second kappa shape index (κ2) is 6.69. The lowest BCUT2D eigenvalue weighted by Gasteiger charge is -2.08. The maximum absolute atomic E-state index is 12.1. The Hall–Kier alpha value is -2.64. The van der Waals surface area contributed by atoms with Gasteiger partial charge in [-0.3, -0.25) is 4.79 Å². The Morgan fingerprint density at radius 1 is 1.29 bits per heavy atom. The smallest absolute Gasteiger partial charge is 0.274 e. The molecule has 21 heavy (non-hydrogen) atoms. The van der Waals surface area contributed by atoms with Gasteiger partial charge in [-0.1, -0.05) is 29.5 Å². The quantitative estimate of drug-likeness (QED) is 0.829. The van der Waals surface area contributed by atoms with E-state index in [1.807, 2.05) is 32.0 Å². The Kier molecular flexibility index (Phi) is 4.70. The summed E-state index contributed by atoms with van der Waals surface area (Å²) in [6, 6.07) is 9.28. The summed E-state index contributed by atoms with van der Waals surface area (Å²) in [7, 11) is 0. The zero-order valence-electron chi connectivity index (χ0n) is 12.1. The second-order valence-corrected chi connectivity index (χ2v) is 4.71. The first-order valence-corrected chi connectivity index (χ1v) is 6.64. The van der Waals surface area contributed by atoms with E-state index in [4.69, 9.17) is 5.73 Å². The average Bonchev–Trinajstić information content (AvgIpc) is 2.48. The number of carbonyl (C=O) groups is 1. The van der Waals surface area contributed by atoms with Gasteiger partial charge < -0.3 is 11.1 Å². The molecule has 0 aliphatic rings. The number of benzene rings is 1. The van der Waals surface area contributed by atoms with Crippen LogP contribution < -0.4 is 11.1 Å². The molecule has 0 atom stereocenters. The van der Waals surface area contributed by atoms with E-state index in [9.17, 15) is 4.79 Å². The zero-order chi connectivity index (χ0) is 15.2. The van der Waals surface area contributed by atoms with Crippen LogP contribution in [-0.2, 0) is 0 Å². The number of nitrogens with one attached hydrogen (secondary N) is 1. The molecule has 0 radical (unpaired) electrons. The van der Waals surface area contributed by atoms with Gasteiger partial charge in [0.2, 0.25) is 0 Å². The van der Waals surface area contributed by atoms with Gasteiger partial charge in [0.1, 0.15) is 5.69 Å². The maximum atomic E-state index is 12.1. The number of carbonyl (C=O) groups excluding carboxylic acids is 1. The second-order valence-electron chi connectivity index (χ2n) is 4.71. The van der Waals surface area contributed by atoms with Crippen molar-refractivity contribution >= 4 is 11.6 Å². The molecule has 4 nitrogen and oxygen atoms in total. The van der Waals surface area contributed by atoms with Crippen LogP contribution in [0.2, 0.25) is 0 Å². The van der Waals surface area contributed by atoms with Gasteiger partial charge in [-0.2, -0.15) is 0 Å². The van der Waals surface area contributed by atoms with Crippen LogP contribution in [0.5, 0.6) is 0 Å². The van der Waals surface area contributed by atoms with Gasteiger partial charge in [0.05, 0.1) is 6.54 Å². The SMILES string of the molecule is Cc1ccc(NC(=O)c2ccc(C#CCN)cn2)c(C)c1. The summed E-state index contributed by atoms with van der Waals surface area (Å²) >= 11 is 0. The van der Waals surface area contributed by atoms with Crippen molar-refractivity contribution in [2.45, 2.75) is 13.8 Å². The Labute approximate surface area is 124 Å². The molecule has 106 valence electrons. The third kappa shape index (κ3) is 3.91. The standard InChI is InChI=1S/C17H17N3O/c1-12-5-7-15(13(2)10-12)20-17(21)16-8-6-14(11-19-16)4-3-9-18/h5-8,10-11H,9,18H2,1-2H3,(H,20,21). The third-order valence-corrected chi connectivity index (χ3v) is 2.96. The molecule has 1 heterocycles. The summed E-state index contributed by atoms with van der Waals surface area (Å²) in [6.45, 7) is 4.28. The fourth-order valence-corrected chi connectivity index (χ4v) is 1.90. The molecule has 1 aromatic carbocycles. The van der Waals surface area contributed by atoms with Crippen molar-refractivity contribution < 1.29 is 4.79 Å². The van der Waals surface area contributed by atoms with Crippen LogP contribution in [0.25, 0.3) is 0 Å². The number of pyridine rings is 1. The van der Waals surface area contributed by atoms with Crippen LogP contribution in [0.4, 0.5) is 5.69 Å². The van der Waals surface area contributed by atoms with Crippen molar-refractivity contribution in [2.75, 3.05) is 11.9 Å². The van der Waals surface area contributed by atoms with Crippen LogP contribution >= 0.6 is 0 Å². The highest BCUT2D eigenvalue weighted by Crippen LogP contribution is 2.16. The van der Waals surface area contributed by atoms with Gasteiger partial charge >= 0.3 is 0 Å². The fraction of sp³-hybridized carbons (Fsp3) is 0.176. The zero-order valence-corrected chi connectivity index (χ0v) is 12.1. The Morgan fingerprint density at radius 3 is 2.71 bits per heavy atom. The van der Waals surface area contributed by atoms with Crippen molar-refractivity contribution in [1.29, 1.82) is 0 Å². The predicted molar refractivity (Wildman–Crippen MR) is 84.0 cm³/mol. The first kappa shape index (κ1) is 14.8. The number of aromatic nitrogens is 1. The van der Waals surface area contributed by atoms with Crippen molar-refractivity contribution in [3.63, 3.8) is 0 Å². The summed E-state index contributed by atoms with van der Waals surface area (Å²) < 4.78 is 0. The van der Waals surface area contributed by atoms with Gasteiger partial charge in [-0.15, -0.1) is 0 Å². The fourth-order valence-electron chi connectivity index (χ4n) is 1.90. The molecule has 2 rings (SSSR count). The third-order valence-electron chi connectivity index (χ3n) is 2.96. The van der Waals surface area contributed by atoms with Crippen molar-refractivity contribution in [1.82, 2.24) is 4.98 Å². The molecule has 0 spiro atoms. The van der Waals surface area contributed by atoms with Crippen molar-refractivity contribution in [2.24, 2.45) is 5.73 Å². The molecular formula is C17H17N3O. The maximum Gasteiger partial charge on any atom is 0.274 e. The number of hydrogen-bond acceptors (Lipinski definition) is 3. The minimum absolute atomic E-state index is 0.236. The van der Waals surface area contributed by atoms with Crippen LogP contribution in [0.1, 0.15) is 27.2 Å². The molecule has 0 aliphatic carbocycles. The number of nitrogens with zero attached hydrogens (tertiary/aromatic N) is 1. The summed E-state index contributed by atoms with van der Waals surface area (Å²) in [5.74, 6) is 5.37. The Bertz CT molecular complexity index is 709. The largest absolute Gasteiger partial charge is 0.320 e. The summed E-state index contributed by atoms with van der Waals surface area (Å²) in [4.78, 5) is 16.3. The molecule has 1 amide bonds. The summed E-state index contributed by atoms with van der Waals surface area (Å²) in [5, 5.41) is 2.86. The summed E-state index contributed by atoms with van der Waals surface area (Å²) in [6.07, 6.45) is 1.57. The highest BCUT2D eigenvalue weighted by atomic mass is 16.1. The monoisotopic (exact) mass is 279 g/mol. The van der Waals surface area contributed by atoms with E-state index in [2.05, 4.69) is 22.1 Å². The molecule has 0 unspecified atom stereocenters. The van der Waals surface area contributed by atoms with Crippen LogP contribution in [0.15, 0.2) is 36.5 Å². The first-order chi connectivity index (χ1) is 10.1. The minimum atomic E-state index is -0.236. The summed E-state index contributed by atoms with van der Waals surface area (Å²) in [5.41, 5.74) is 9.37. The van der Waals surface area contributed by atoms with E-state index in [-0.39, 0.29) is 5.91 Å². The van der Waals surface area contributed by atoms with E-state index in [1.165, 1.54) is 0 Å². The molecule has 0 saturated heterocycles. The molecular weight excluding hydrogens is 262 g/mol. The van der Waals surface area contributed by atoms with Crippen molar-refractivity contribution in [3.05, 3.63) is 58.9 Å². The molecule has 0 saturated carbocycles. The minimum Gasteiger partial charge on any atom is -0.320 e. The Balaban J connectivity index is 2.13. The van der Waals surface area contributed by atoms with Gasteiger partial charge in [0.15, 0.2) is 0 Å². The number of amides is 1. The van der Waals surface area contributed by atoms with Crippen LogP contribution in [-0.4, -0.2) is 17.4 Å². The molecule has 0 aliphatic heterocycles. The van der Waals surface area contributed by atoms with Crippen molar-refractivity contribution in [3.8, 4) is 11.8 Å². The van der Waals surface area contributed by atoms with Gasteiger partial charge in [-0.05, 0) is 37.6 Å². The topological polar surface area (TPSA) is 68.0 Å². The number of anilines is 1. The number of nitrogens with two attached hydrogens (primary N) is 1. The predicted octanol–water partition coefficient (Wildman–Crippen LogP) is 2.26. The van der Waals surface area contributed by atoms with E-state index in [0.717, 1.165) is 22.4 Å². The molecule has 0 bridgehead atoms. The highest BCUT2D eigenvalue weighted by Gasteiger charge is 2.08. The van der Waals surface area contributed by atoms with Crippen LogP contribution in [0.3, 0.4) is 0 Å². The lowest BCUT2D eigenvalue weighted by atomic mass is 10.1. The normalized spacial score (nSPS) is 9.67. The molecule has 2 aromatic rings. The first-order valence-electron chi connectivity index (χ1n) is 6.64. The number of hydrogen-bond donors (Lipinski definition) is 2. The van der Waals surface area contributed by atoms with Crippen LogP contribution in [0, 0.1) is 25.7 Å².